The molecule has 1 aliphatic rings. The minimum atomic E-state index is -0.0396. The van der Waals surface area contributed by atoms with Crippen LogP contribution in [-0.2, 0) is 11.3 Å². The molecule has 0 saturated carbocycles. The van der Waals surface area contributed by atoms with Gasteiger partial charge in [0.2, 0.25) is 0 Å². The van der Waals surface area contributed by atoms with E-state index >= 15 is 0 Å². The predicted octanol–water partition coefficient (Wildman–Crippen LogP) is 2.22. The number of Topliss-reactive ketones (excluding diaryl/α,β-unsaturated/α-hetero) is 1. The van der Waals surface area contributed by atoms with E-state index in [0.29, 0.717) is 18.6 Å². The lowest BCUT2D eigenvalue weighted by atomic mass is 9.89. The zero-order chi connectivity index (χ0) is 10.9. The van der Waals surface area contributed by atoms with Gasteiger partial charge in [0.1, 0.15) is 11.5 Å². The van der Waals surface area contributed by atoms with Crippen LogP contribution < -0.4 is 0 Å². The maximum absolute atomic E-state index is 11.4. The van der Waals surface area contributed by atoms with Crippen molar-refractivity contribution < 1.29 is 9.21 Å². The summed E-state index contributed by atoms with van der Waals surface area (Å²) >= 11 is 0. The summed E-state index contributed by atoms with van der Waals surface area (Å²) in [7, 11) is 0. The molecule has 2 rings (SSSR count). The van der Waals surface area contributed by atoms with E-state index in [9.17, 15) is 4.79 Å². The number of nitrogens with zero attached hydrogens (tertiary/aromatic N) is 1. The average Bonchev–Trinajstić information content (AvgIpc) is 2.61. The molecule has 15 heavy (non-hydrogen) atoms. The van der Waals surface area contributed by atoms with Crippen molar-refractivity contribution in [1.82, 2.24) is 4.90 Å². The molecule has 0 unspecified atom stereocenters. The van der Waals surface area contributed by atoms with Gasteiger partial charge in [-0.3, -0.25) is 9.69 Å². The lowest BCUT2D eigenvalue weighted by molar-refractivity contribution is -0.126. The van der Waals surface area contributed by atoms with Crippen LogP contribution in [-0.4, -0.2) is 22.8 Å². The van der Waals surface area contributed by atoms with Crippen LogP contribution >= 0.6 is 0 Å². The molecule has 0 spiro atoms. The van der Waals surface area contributed by atoms with Gasteiger partial charge in [0, 0.05) is 24.9 Å². The summed E-state index contributed by atoms with van der Waals surface area (Å²) in [5, 5.41) is 0. The largest absolute Gasteiger partial charge is 0.468 e. The first-order valence-electron chi connectivity index (χ1n) is 5.37. The predicted molar refractivity (Wildman–Crippen MR) is 57.4 cm³/mol. The minimum Gasteiger partial charge on any atom is -0.468 e. The Labute approximate surface area is 90.1 Å². The Balaban J connectivity index is 2.06. The third-order valence-electron chi connectivity index (χ3n) is 3.07. The van der Waals surface area contributed by atoms with Crippen LogP contribution in [0.5, 0.6) is 0 Å². The van der Waals surface area contributed by atoms with Gasteiger partial charge in [-0.05, 0) is 26.0 Å². The van der Waals surface area contributed by atoms with Crippen LogP contribution in [0.4, 0.5) is 0 Å². The van der Waals surface area contributed by atoms with Crippen molar-refractivity contribution in [2.45, 2.75) is 38.8 Å². The second-order valence-electron chi connectivity index (χ2n) is 4.78. The maximum atomic E-state index is 11.4. The number of likely N-dealkylation sites (tertiary alicyclic amines) is 1. The summed E-state index contributed by atoms with van der Waals surface area (Å²) in [5.41, 5.74) is -0.0396. The first-order valence-corrected chi connectivity index (χ1v) is 5.37. The van der Waals surface area contributed by atoms with Gasteiger partial charge in [-0.25, -0.2) is 0 Å². The summed E-state index contributed by atoms with van der Waals surface area (Å²) in [5.74, 6) is 1.34. The number of ketones is 1. The second-order valence-corrected chi connectivity index (χ2v) is 4.78. The smallest absolute Gasteiger partial charge is 0.136 e. The first kappa shape index (κ1) is 10.4. The third kappa shape index (κ3) is 2.29. The van der Waals surface area contributed by atoms with Crippen LogP contribution in [0.2, 0.25) is 0 Å². The van der Waals surface area contributed by atoms with E-state index in [1.54, 1.807) is 6.26 Å². The lowest BCUT2D eigenvalue weighted by Gasteiger charge is -2.41. The Morgan fingerprint density at radius 3 is 2.93 bits per heavy atom. The van der Waals surface area contributed by atoms with E-state index in [2.05, 4.69) is 18.7 Å². The molecule has 1 aromatic rings. The molecule has 0 aromatic carbocycles. The first-order chi connectivity index (χ1) is 7.08. The van der Waals surface area contributed by atoms with Gasteiger partial charge in [0.15, 0.2) is 0 Å². The molecule has 0 atom stereocenters. The number of rotatable bonds is 2. The van der Waals surface area contributed by atoms with E-state index in [4.69, 9.17) is 4.42 Å². The van der Waals surface area contributed by atoms with Crippen molar-refractivity contribution in [2.24, 2.45) is 0 Å². The van der Waals surface area contributed by atoms with E-state index in [0.717, 1.165) is 18.8 Å². The van der Waals surface area contributed by atoms with E-state index in [-0.39, 0.29) is 5.54 Å². The maximum Gasteiger partial charge on any atom is 0.136 e. The molecule has 0 amide bonds. The Hall–Kier alpha value is -1.09. The molecule has 1 aromatic heterocycles. The van der Waals surface area contributed by atoms with Crippen LogP contribution in [0.3, 0.4) is 0 Å². The van der Waals surface area contributed by atoms with Crippen LogP contribution in [0.15, 0.2) is 22.8 Å². The standard InChI is InChI=1S/C12H17NO2/c1-12(2)8-10(14)5-6-13(12)9-11-4-3-7-15-11/h3-4,7H,5-6,8-9H2,1-2H3. The Morgan fingerprint density at radius 2 is 2.33 bits per heavy atom. The molecule has 1 saturated heterocycles. The van der Waals surface area contributed by atoms with Crippen LogP contribution in [0.1, 0.15) is 32.4 Å². The average molecular weight is 207 g/mol. The van der Waals surface area contributed by atoms with Crippen LogP contribution in [0.25, 0.3) is 0 Å². The van der Waals surface area contributed by atoms with Gasteiger partial charge >= 0.3 is 0 Å². The molecule has 3 heteroatoms. The Morgan fingerprint density at radius 1 is 1.53 bits per heavy atom. The molecular formula is C12H17NO2. The molecule has 2 heterocycles. The number of furan rings is 1. The number of carbonyl (C=O) groups is 1. The monoisotopic (exact) mass is 207 g/mol. The molecule has 0 bridgehead atoms. The van der Waals surface area contributed by atoms with Gasteiger partial charge in [0.25, 0.3) is 0 Å². The Kier molecular flexibility index (Phi) is 2.65. The van der Waals surface area contributed by atoms with Gasteiger partial charge in [-0.15, -0.1) is 0 Å². The summed E-state index contributed by atoms with van der Waals surface area (Å²) < 4.78 is 5.33. The molecule has 1 aliphatic heterocycles. The zero-order valence-electron chi connectivity index (χ0n) is 9.32. The summed E-state index contributed by atoms with van der Waals surface area (Å²) in [6, 6.07) is 3.88. The highest BCUT2D eigenvalue weighted by Gasteiger charge is 2.33. The van der Waals surface area contributed by atoms with Crippen LogP contribution in [0, 0.1) is 0 Å². The van der Waals surface area contributed by atoms with Gasteiger partial charge < -0.3 is 4.42 Å². The lowest BCUT2D eigenvalue weighted by Crippen LogP contribution is -2.49. The van der Waals surface area contributed by atoms with Crippen molar-refractivity contribution in [1.29, 1.82) is 0 Å². The summed E-state index contributed by atoms with van der Waals surface area (Å²) in [6.45, 7) is 5.87. The molecule has 3 nitrogen and oxygen atoms in total. The number of hydrogen-bond acceptors (Lipinski definition) is 3. The van der Waals surface area contributed by atoms with Crippen molar-refractivity contribution in [3.05, 3.63) is 24.2 Å². The third-order valence-corrected chi connectivity index (χ3v) is 3.07. The number of piperidine rings is 1. The second kappa shape index (κ2) is 3.81. The van der Waals surface area contributed by atoms with E-state index in [1.807, 2.05) is 12.1 Å². The van der Waals surface area contributed by atoms with Gasteiger partial charge in [-0.1, -0.05) is 0 Å². The summed E-state index contributed by atoms with van der Waals surface area (Å²) in [4.78, 5) is 13.7. The molecule has 82 valence electrons. The van der Waals surface area contributed by atoms with E-state index in [1.165, 1.54) is 0 Å². The highest BCUT2D eigenvalue weighted by atomic mass is 16.3. The highest BCUT2D eigenvalue weighted by molar-refractivity contribution is 5.80. The molecular weight excluding hydrogens is 190 g/mol. The quantitative estimate of drug-likeness (QED) is 0.745. The van der Waals surface area contributed by atoms with Gasteiger partial charge in [0.05, 0.1) is 12.8 Å². The fourth-order valence-electron chi connectivity index (χ4n) is 2.13. The number of hydrogen-bond donors (Lipinski definition) is 0. The molecule has 1 fully saturated rings. The minimum absolute atomic E-state index is 0.0396. The van der Waals surface area contributed by atoms with Crippen molar-refractivity contribution in [3.63, 3.8) is 0 Å². The molecule has 0 radical (unpaired) electrons. The van der Waals surface area contributed by atoms with Gasteiger partial charge in [-0.2, -0.15) is 0 Å². The van der Waals surface area contributed by atoms with Crippen molar-refractivity contribution in [2.75, 3.05) is 6.54 Å². The van der Waals surface area contributed by atoms with E-state index < -0.39 is 0 Å². The SMILES string of the molecule is CC1(C)CC(=O)CCN1Cc1ccco1. The highest BCUT2D eigenvalue weighted by Crippen LogP contribution is 2.26. The fraction of sp³-hybridized carbons (Fsp3) is 0.583. The van der Waals surface area contributed by atoms with Crippen molar-refractivity contribution in [3.8, 4) is 0 Å². The zero-order valence-corrected chi connectivity index (χ0v) is 9.32. The summed E-state index contributed by atoms with van der Waals surface area (Å²) in [6.07, 6.45) is 3.01. The topological polar surface area (TPSA) is 33.5 Å². The molecule has 0 aliphatic carbocycles. The Bertz CT molecular complexity index is 341. The molecule has 0 N–H and O–H groups in total. The number of carbonyl (C=O) groups excluding carboxylic acids is 1. The normalized spacial score (nSPS) is 21.9. The fourth-order valence-corrected chi connectivity index (χ4v) is 2.13. The van der Waals surface area contributed by atoms with Crippen molar-refractivity contribution >= 4 is 5.78 Å².